The Hall–Kier alpha value is -2.22. The maximum atomic E-state index is 12.2. The van der Waals surface area contributed by atoms with Gasteiger partial charge in [0.25, 0.3) is 0 Å². The highest BCUT2D eigenvalue weighted by Gasteiger charge is 2.31. The molecule has 1 fully saturated rings. The van der Waals surface area contributed by atoms with Crippen molar-refractivity contribution in [3.05, 3.63) is 16.3 Å². The molecule has 0 bridgehead atoms. The van der Waals surface area contributed by atoms with Crippen molar-refractivity contribution in [1.82, 2.24) is 9.97 Å². The average Bonchev–Trinajstić information content (AvgIpc) is 2.92. The number of aryl methyl sites for hydroxylation is 2. The number of hydrogen-bond donors (Lipinski definition) is 2. The van der Waals surface area contributed by atoms with E-state index >= 15 is 0 Å². The Morgan fingerprint density at radius 1 is 1.27 bits per heavy atom. The molecular weight excluding hydrogens is 352 g/mol. The molecule has 0 aliphatic heterocycles. The number of primary amides is 1. The molecule has 3 rings (SSSR count). The topological polar surface area (TPSA) is 107 Å². The molecule has 1 amide bonds. The normalized spacial score (nSPS) is 20.1. The van der Waals surface area contributed by atoms with Crippen molar-refractivity contribution in [2.75, 3.05) is 11.9 Å². The van der Waals surface area contributed by atoms with Gasteiger partial charge in [0.2, 0.25) is 5.91 Å². The van der Waals surface area contributed by atoms with Crippen LogP contribution in [0.4, 0.5) is 5.82 Å². The van der Waals surface area contributed by atoms with Crippen molar-refractivity contribution in [3.8, 4) is 0 Å². The highest BCUT2D eigenvalue weighted by atomic mass is 32.1. The fraction of sp³-hybridized carbons (Fsp3) is 0.556. The average molecular weight is 376 g/mol. The molecule has 0 spiro atoms. The molecule has 0 saturated heterocycles. The summed E-state index contributed by atoms with van der Waals surface area (Å²) in [5.41, 5.74) is 6.39. The molecule has 8 heteroatoms. The number of fused-ring (bicyclic) bond motifs is 1. The van der Waals surface area contributed by atoms with Crippen LogP contribution in [0.15, 0.2) is 0 Å². The molecule has 0 aromatic carbocycles. The van der Waals surface area contributed by atoms with Crippen LogP contribution in [-0.2, 0) is 9.53 Å². The number of anilines is 1. The minimum Gasteiger partial charge on any atom is -0.462 e. The van der Waals surface area contributed by atoms with Crippen molar-refractivity contribution in [3.63, 3.8) is 0 Å². The molecule has 2 heterocycles. The molecule has 140 valence electrons. The summed E-state index contributed by atoms with van der Waals surface area (Å²) in [5.74, 6) is 0.443. The van der Waals surface area contributed by atoms with Crippen LogP contribution in [-0.4, -0.2) is 34.5 Å². The quantitative estimate of drug-likeness (QED) is 0.777. The number of nitrogens with one attached hydrogen (secondary N) is 1. The third-order valence-electron chi connectivity index (χ3n) is 4.82. The Morgan fingerprint density at radius 3 is 2.69 bits per heavy atom. The van der Waals surface area contributed by atoms with Gasteiger partial charge in [0.1, 0.15) is 21.3 Å². The van der Waals surface area contributed by atoms with Crippen molar-refractivity contribution in [2.24, 2.45) is 11.7 Å². The molecule has 2 aromatic heterocycles. The number of carbonyl (C=O) groups excluding carboxylic acids is 2. The van der Waals surface area contributed by atoms with Gasteiger partial charge in [-0.1, -0.05) is 12.8 Å². The standard InChI is InChI=1S/C18H24N4O3S/c1-4-25-18(24)14-9(2)13-16(20-10(3)21-17(13)26-14)22-12-8-6-5-7-11(12)15(19)23/h11-12H,4-8H2,1-3H3,(H2,19,23)(H,20,21,22). The summed E-state index contributed by atoms with van der Waals surface area (Å²) in [4.78, 5) is 34.3. The van der Waals surface area contributed by atoms with E-state index in [1.807, 2.05) is 13.8 Å². The van der Waals surface area contributed by atoms with Gasteiger partial charge in [-0.2, -0.15) is 0 Å². The number of thiophene rings is 1. The highest BCUT2D eigenvalue weighted by Crippen LogP contribution is 2.36. The number of amides is 1. The van der Waals surface area contributed by atoms with Gasteiger partial charge in [-0.25, -0.2) is 14.8 Å². The SMILES string of the molecule is CCOC(=O)c1sc2nc(C)nc(NC3CCCCC3C(N)=O)c2c1C. The van der Waals surface area contributed by atoms with E-state index in [-0.39, 0.29) is 23.8 Å². The second-order valence-corrected chi connectivity index (χ2v) is 7.62. The first-order valence-electron chi connectivity index (χ1n) is 8.93. The van der Waals surface area contributed by atoms with Crippen LogP contribution < -0.4 is 11.1 Å². The molecule has 1 aliphatic carbocycles. The third-order valence-corrected chi connectivity index (χ3v) is 5.98. The molecule has 3 N–H and O–H groups in total. The fourth-order valence-corrected chi connectivity index (χ4v) is 4.68. The van der Waals surface area contributed by atoms with Crippen molar-refractivity contribution < 1.29 is 14.3 Å². The maximum absolute atomic E-state index is 12.2. The molecule has 2 atom stereocenters. The summed E-state index contributed by atoms with van der Waals surface area (Å²) in [5, 5.41) is 4.24. The number of nitrogens with zero attached hydrogens (tertiary/aromatic N) is 2. The van der Waals surface area contributed by atoms with Gasteiger partial charge in [-0.3, -0.25) is 4.79 Å². The van der Waals surface area contributed by atoms with Gasteiger partial charge >= 0.3 is 5.97 Å². The highest BCUT2D eigenvalue weighted by molar-refractivity contribution is 7.20. The predicted octanol–water partition coefficient (Wildman–Crippen LogP) is 2.94. The summed E-state index contributed by atoms with van der Waals surface area (Å²) in [6.45, 7) is 5.80. The van der Waals surface area contributed by atoms with Gasteiger partial charge in [-0.15, -0.1) is 11.3 Å². The van der Waals surface area contributed by atoms with Gasteiger partial charge in [0.15, 0.2) is 0 Å². The molecule has 26 heavy (non-hydrogen) atoms. The van der Waals surface area contributed by atoms with Crippen molar-refractivity contribution >= 4 is 39.2 Å². The summed E-state index contributed by atoms with van der Waals surface area (Å²) in [6, 6.07) is -0.0518. The Bertz CT molecular complexity index is 849. The van der Waals surface area contributed by atoms with Crippen molar-refractivity contribution in [2.45, 2.75) is 52.5 Å². The summed E-state index contributed by atoms with van der Waals surface area (Å²) in [6.07, 6.45) is 3.71. The second kappa shape index (κ2) is 7.57. The van der Waals surface area contributed by atoms with E-state index in [2.05, 4.69) is 15.3 Å². The maximum Gasteiger partial charge on any atom is 0.348 e. The fourth-order valence-electron chi connectivity index (χ4n) is 3.56. The van der Waals surface area contributed by atoms with Crippen LogP contribution in [0.2, 0.25) is 0 Å². The largest absolute Gasteiger partial charge is 0.462 e. The summed E-state index contributed by atoms with van der Waals surface area (Å²) >= 11 is 1.31. The van der Waals surface area contributed by atoms with Crippen LogP contribution in [0, 0.1) is 19.8 Å². The Labute approximate surface area is 156 Å². The Kier molecular flexibility index (Phi) is 5.41. The van der Waals surface area contributed by atoms with E-state index in [0.717, 1.165) is 41.5 Å². The lowest BCUT2D eigenvalue weighted by Crippen LogP contribution is -2.40. The zero-order valence-electron chi connectivity index (χ0n) is 15.3. The zero-order chi connectivity index (χ0) is 18.8. The van der Waals surface area contributed by atoms with Crippen LogP contribution in [0.5, 0.6) is 0 Å². The lowest BCUT2D eigenvalue weighted by atomic mass is 9.84. The van der Waals surface area contributed by atoms with Crippen molar-refractivity contribution in [1.29, 1.82) is 0 Å². The number of hydrogen-bond acceptors (Lipinski definition) is 7. The molecule has 2 unspecified atom stereocenters. The van der Waals surface area contributed by atoms with E-state index in [1.54, 1.807) is 6.92 Å². The molecule has 1 saturated carbocycles. The summed E-state index contributed by atoms with van der Waals surface area (Å²) in [7, 11) is 0. The van der Waals surface area contributed by atoms with Gasteiger partial charge in [0, 0.05) is 6.04 Å². The minimum absolute atomic E-state index is 0.0518. The molecule has 7 nitrogen and oxygen atoms in total. The van der Waals surface area contributed by atoms with E-state index in [0.29, 0.717) is 23.1 Å². The van der Waals surface area contributed by atoms with E-state index < -0.39 is 0 Å². The van der Waals surface area contributed by atoms with E-state index in [4.69, 9.17) is 10.5 Å². The smallest absolute Gasteiger partial charge is 0.348 e. The summed E-state index contributed by atoms with van der Waals surface area (Å²) < 4.78 is 5.15. The second-order valence-electron chi connectivity index (χ2n) is 6.62. The minimum atomic E-state index is -0.343. The van der Waals surface area contributed by atoms with Crippen LogP contribution in [0.3, 0.4) is 0 Å². The number of carbonyl (C=O) groups is 2. The number of esters is 1. The number of aromatic nitrogens is 2. The van der Waals surface area contributed by atoms with Crippen LogP contribution in [0.1, 0.15) is 53.7 Å². The first-order chi connectivity index (χ1) is 12.4. The van der Waals surface area contributed by atoms with Crippen LogP contribution >= 0.6 is 11.3 Å². The number of ether oxygens (including phenoxy) is 1. The van der Waals surface area contributed by atoms with Gasteiger partial charge < -0.3 is 15.8 Å². The first kappa shape index (κ1) is 18.6. The van der Waals surface area contributed by atoms with E-state index in [9.17, 15) is 9.59 Å². The van der Waals surface area contributed by atoms with Gasteiger partial charge in [0.05, 0.1) is 17.9 Å². The number of rotatable bonds is 5. The number of nitrogens with two attached hydrogens (primary N) is 1. The Balaban J connectivity index is 2.02. The Morgan fingerprint density at radius 2 is 2.00 bits per heavy atom. The molecular formula is C18H24N4O3S. The van der Waals surface area contributed by atoms with E-state index in [1.165, 1.54) is 11.3 Å². The van der Waals surface area contributed by atoms with Crippen LogP contribution in [0.25, 0.3) is 10.2 Å². The third kappa shape index (κ3) is 3.51. The zero-order valence-corrected chi connectivity index (χ0v) is 16.1. The molecule has 2 aromatic rings. The lowest BCUT2D eigenvalue weighted by molar-refractivity contribution is -0.122. The molecule has 0 radical (unpaired) electrons. The monoisotopic (exact) mass is 376 g/mol. The first-order valence-corrected chi connectivity index (χ1v) is 9.74. The predicted molar refractivity (Wildman–Crippen MR) is 101 cm³/mol. The molecule has 1 aliphatic rings. The lowest BCUT2D eigenvalue weighted by Gasteiger charge is -2.30. The van der Waals surface area contributed by atoms with Gasteiger partial charge in [-0.05, 0) is 39.2 Å².